The molecule has 0 fully saturated rings. The van der Waals surface area contributed by atoms with E-state index in [9.17, 15) is 14.0 Å². The van der Waals surface area contributed by atoms with Crippen LogP contribution in [0.3, 0.4) is 0 Å². The maximum atomic E-state index is 13.8. The number of nitrogens with one attached hydrogen (secondary N) is 2. The summed E-state index contributed by atoms with van der Waals surface area (Å²) in [5, 5.41) is 11.3. The van der Waals surface area contributed by atoms with Gasteiger partial charge in [-0.1, -0.05) is 0 Å². The van der Waals surface area contributed by atoms with E-state index in [0.29, 0.717) is 0 Å². The van der Waals surface area contributed by atoms with E-state index in [2.05, 4.69) is 15.3 Å². The van der Waals surface area contributed by atoms with Crippen molar-refractivity contribution in [3.8, 4) is 5.75 Å². The number of aromatic carboxylic acids is 1. The third-order valence-corrected chi connectivity index (χ3v) is 2.48. The van der Waals surface area contributed by atoms with Crippen LogP contribution in [0.1, 0.15) is 10.4 Å². The second-order valence-corrected chi connectivity index (χ2v) is 3.74. The second-order valence-electron chi connectivity index (χ2n) is 3.74. The molecule has 7 nitrogen and oxygen atoms in total. The highest BCUT2D eigenvalue weighted by molar-refractivity contribution is 5.88. The Morgan fingerprint density at radius 1 is 1.50 bits per heavy atom. The van der Waals surface area contributed by atoms with Gasteiger partial charge in [-0.05, 0) is 18.2 Å². The van der Waals surface area contributed by atoms with Gasteiger partial charge in [0.25, 0.3) is 5.56 Å². The van der Waals surface area contributed by atoms with Crippen molar-refractivity contribution in [2.45, 2.75) is 0 Å². The fourth-order valence-corrected chi connectivity index (χ4v) is 1.54. The average molecular weight is 279 g/mol. The van der Waals surface area contributed by atoms with Crippen molar-refractivity contribution in [1.82, 2.24) is 9.97 Å². The third kappa shape index (κ3) is 2.58. The van der Waals surface area contributed by atoms with E-state index in [1.807, 2.05) is 0 Å². The molecule has 0 atom stereocenters. The van der Waals surface area contributed by atoms with Crippen LogP contribution in [0.4, 0.5) is 15.9 Å². The number of aromatic amines is 1. The monoisotopic (exact) mass is 279 g/mol. The van der Waals surface area contributed by atoms with Gasteiger partial charge in [0.2, 0.25) is 5.75 Å². The van der Waals surface area contributed by atoms with Gasteiger partial charge in [-0.15, -0.1) is 0 Å². The summed E-state index contributed by atoms with van der Waals surface area (Å²) in [4.78, 5) is 28.3. The van der Waals surface area contributed by atoms with Crippen LogP contribution in [-0.4, -0.2) is 28.2 Å². The molecule has 0 aliphatic rings. The highest BCUT2D eigenvalue weighted by atomic mass is 19.1. The van der Waals surface area contributed by atoms with Crippen molar-refractivity contribution in [2.24, 2.45) is 0 Å². The number of hydrogen-bond donors (Lipinski definition) is 3. The SMILES string of the molecule is COc1c(Nc2ccc(C(=O)O)cc2F)nc[nH]c1=O. The zero-order valence-corrected chi connectivity index (χ0v) is 10.3. The number of rotatable bonds is 4. The maximum Gasteiger partial charge on any atom is 0.335 e. The standard InChI is InChI=1S/C12H10FN3O4/c1-20-9-10(14-5-15-11(9)17)16-8-3-2-6(12(18)19)4-7(8)13/h2-5H,1H3,(H,18,19)(H2,14,15,16,17). The van der Waals surface area contributed by atoms with Crippen molar-refractivity contribution in [1.29, 1.82) is 0 Å². The number of anilines is 2. The van der Waals surface area contributed by atoms with Crippen molar-refractivity contribution in [2.75, 3.05) is 12.4 Å². The minimum Gasteiger partial charge on any atom is -0.489 e. The van der Waals surface area contributed by atoms with Crippen LogP contribution >= 0.6 is 0 Å². The van der Waals surface area contributed by atoms with Crippen molar-refractivity contribution < 1.29 is 19.0 Å². The van der Waals surface area contributed by atoms with E-state index in [1.165, 1.54) is 19.2 Å². The van der Waals surface area contributed by atoms with E-state index in [1.54, 1.807) is 0 Å². The summed E-state index contributed by atoms with van der Waals surface area (Å²) >= 11 is 0. The Kier molecular flexibility index (Phi) is 3.65. The predicted octanol–water partition coefficient (Wildman–Crippen LogP) is 1.36. The zero-order valence-electron chi connectivity index (χ0n) is 10.3. The van der Waals surface area contributed by atoms with E-state index in [0.717, 1.165) is 12.4 Å². The number of carboxylic acid groups (broad SMARTS) is 1. The minimum atomic E-state index is -1.23. The molecule has 0 aliphatic heterocycles. The highest BCUT2D eigenvalue weighted by Crippen LogP contribution is 2.23. The van der Waals surface area contributed by atoms with Crippen LogP contribution in [0.5, 0.6) is 5.75 Å². The lowest BCUT2D eigenvalue weighted by Crippen LogP contribution is -2.12. The Bertz CT molecular complexity index is 714. The van der Waals surface area contributed by atoms with Crippen molar-refractivity contribution in [3.05, 3.63) is 46.3 Å². The number of hydrogen-bond acceptors (Lipinski definition) is 5. The summed E-state index contributed by atoms with van der Waals surface area (Å²) in [6.45, 7) is 0. The molecule has 1 aromatic carbocycles. The molecule has 0 saturated carbocycles. The first-order chi connectivity index (χ1) is 9.52. The molecule has 0 aliphatic carbocycles. The maximum absolute atomic E-state index is 13.8. The van der Waals surface area contributed by atoms with Gasteiger partial charge in [-0.25, -0.2) is 14.2 Å². The lowest BCUT2D eigenvalue weighted by molar-refractivity contribution is 0.0696. The number of aromatic nitrogens is 2. The largest absolute Gasteiger partial charge is 0.489 e. The van der Waals surface area contributed by atoms with Gasteiger partial charge in [-0.3, -0.25) is 4.79 Å². The number of carbonyl (C=O) groups is 1. The summed E-state index contributed by atoms with van der Waals surface area (Å²) < 4.78 is 18.6. The smallest absolute Gasteiger partial charge is 0.335 e. The van der Waals surface area contributed by atoms with Gasteiger partial charge < -0.3 is 20.1 Å². The molecule has 3 N–H and O–H groups in total. The average Bonchev–Trinajstić information content (AvgIpc) is 2.41. The number of nitrogens with zero attached hydrogens (tertiary/aromatic N) is 1. The fraction of sp³-hybridized carbons (Fsp3) is 0.0833. The molecule has 0 amide bonds. The van der Waals surface area contributed by atoms with Crippen LogP contribution < -0.4 is 15.6 Å². The summed E-state index contributed by atoms with van der Waals surface area (Å²) in [6, 6.07) is 3.33. The highest BCUT2D eigenvalue weighted by Gasteiger charge is 2.13. The number of benzene rings is 1. The van der Waals surface area contributed by atoms with Gasteiger partial charge in [-0.2, -0.15) is 0 Å². The molecule has 1 aromatic heterocycles. The molecule has 2 rings (SSSR count). The summed E-state index contributed by atoms with van der Waals surface area (Å²) in [5.41, 5.74) is -0.724. The van der Waals surface area contributed by atoms with Crippen molar-refractivity contribution in [3.63, 3.8) is 0 Å². The Labute approximate surface area is 112 Å². The molecule has 0 saturated heterocycles. The lowest BCUT2D eigenvalue weighted by atomic mass is 10.2. The number of H-pyrrole nitrogens is 1. The van der Waals surface area contributed by atoms with Gasteiger partial charge in [0.05, 0.1) is 24.7 Å². The normalized spacial score (nSPS) is 10.1. The first-order valence-corrected chi connectivity index (χ1v) is 5.44. The molecule has 1 heterocycles. The van der Waals surface area contributed by atoms with Crippen LogP contribution in [0.15, 0.2) is 29.3 Å². The van der Waals surface area contributed by atoms with Gasteiger partial charge >= 0.3 is 5.97 Å². The summed E-state index contributed by atoms with van der Waals surface area (Å²) in [6.07, 6.45) is 1.14. The topological polar surface area (TPSA) is 104 Å². The van der Waals surface area contributed by atoms with E-state index < -0.39 is 17.3 Å². The molecule has 0 bridgehead atoms. The van der Waals surface area contributed by atoms with Crippen LogP contribution in [0.25, 0.3) is 0 Å². The molecule has 8 heteroatoms. The summed E-state index contributed by atoms with van der Waals surface area (Å²) in [7, 11) is 1.28. The first-order valence-electron chi connectivity index (χ1n) is 5.44. The van der Waals surface area contributed by atoms with Crippen molar-refractivity contribution >= 4 is 17.5 Å². The zero-order chi connectivity index (χ0) is 14.7. The minimum absolute atomic E-state index is 0.0219. The number of carboxylic acids is 1. The number of ether oxygens (including phenoxy) is 1. The molecule has 104 valence electrons. The lowest BCUT2D eigenvalue weighted by Gasteiger charge is -2.09. The Balaban J connectivity index is 2.38. The van der Waals surface area contributed by atoms with Crippen LogP contribution in [-0.2, 0) is 0 Å². The molecule has 0 radical (unpaired) electrons. The predicted molar refractivity (Wildman–Crippen MR) is 68.1 cm³/mol. The second kappa shape index (κ2) is 5.39. The molecular weight excluding hydrogens is 269 g/mol. The third-order valence-electron chi connectivity index (χ3n) is 2.48. The molecule has 0 unspecified atom stereocenters. The quantitative estimate of drug-likeness (QED) is 0.780. The van der Waals surface area contributed by atoms with Crippen LogP contribution in [0.2, 0.25) is 0 Å². The van der Waals surface area contributed by atoms with E-state index >= 15 is 0 Å². The van der Waals surface area contributed by atoms with E-state index in [4.69, 9.17) is 9.84 Å². The Morgan fingerprint density at radius 3 is 2.85 bits per heavy atom. The molecule has 0 spiro atoms. The van der Waals surface area contributed by atoms with Gasteiger partial charge in [0.1, 0.15) is 5.82 Å². The first kappa shape index (κ1) is 13.5. The van der Waals surface area contributed by atoms with E-state index in [-0.39, 0.29) is 22.8 Å². The summed E-state index contributed by atoms with van der Waals surface area (Å²) in [5.74, 6) is -2.09. The van der Waals surface area contributed by atoms with Gasteiger partial charge in [0, 0.05) is 0 Å². The van der Waals surface area contributed by atoms with Gasteiger partial charge in [0.15, 0.2) is 5.82 Å². The Morgan fingerprint density at radius 2 is 2.25 bits per heavy atom. The number of halogens is 1. The number of methoxy groups -OCH3 is 1. The molecular formula is C12H10FN3O4. The molecule has 2 aromatic rings. The Hall–Kier alpha value is -2.90. The fourth-order valence-electron chi connectivity index (χ4n) is 1.54. The molecule has 20 heavy (non-hydrogen) atoms. The van der Waals surface area contributed by atoms with Crippen LogP contribution in [0, 0.1) is 5.82 Å².